The molecule has 0 atom stereocenters. The van der Waals surface area contributed by atoms with Crippen molar-refractivity contribution < 1.29 is 9.15 Å². The lowest BCUT2D eigenvalue weighted by Crippen LogP contribution is -1.82. The van der Waals surface area contributed by atoms with E-state index in [4.69, 9.17) is 9.15 Å². The second-order valence-corrected chi connectivity index (χ2v) is 4.59. The monoisotopic (exact) mass is 259 g/mol. The minimum atomic E-state index is 0.766. The summed E-state index contributed by atoms with van der Waals surface area (Å²) in [6, 6.07) is 24.3. The number of ether oxygens (including phenoxy) is 1. The first-order valence-corrected chi connectivity index (χ1v) is 6.45. The fourth-order valence-corrected chi connectivity index (χ4v) is 2.35. The predicted octanol–water partition coefficient (Wildman–Crippen LogP) is 5.18. The van der Waals surface area contributed by atoms with Crippen LogP contribution in [0.25, 0.3) is 21.9 Å². The van der Waals surface area contributed by atoms with Gasteiger partial charge in [0, 0.05) is 16.8 Å². The fourth-order valence-electron chi connectivity index (χ4n) is 2.35. The number of hydrogen-bond donors (Lipinski definition) is 0. The van der Waals surface area contributed by atoms with Crippen LogP contribution in [0.4, 0.5) is 0 Å². The zero-order valence-electron chi connectivity index (χ0n) is 10.7. The van der Waals surface area contributed by atoms with E-state index in [1.807, 2.05) is 60.7 Å². The van der Waals surface area contributed by atoms with Crippen molar-refractivity contribution in [1.29, 1.82) is 0 Å². The zero-order valence-corrected chi connectivity index (χ0v) is 10.7. The normalized spacial score (nSPS) is 11.0. The van der Waals surface area contributed by atoms with Crippen molar-refractivity contribution >= 4 is 21.9 Å². The van der Waals surface area contributed by atoms with Crippen molar-refractivity contribution in [3.05, 3.63) is 72.8 Å². The Morgan fingerprint density at radius 1 is 0.750 bits per heavy atom. The van der Waals surface area contributed by atoms with Gasteiger partial charge in [-0.1, -0.05) is 30.3 Å². The van der Waals surface area contributed by atoms with E-state index >= 15 is 0 Å². The van der Waals surface area contributed by atoms with Gasteiger partial charge in [0.1, 0.15) is 22.7 Å². The Morgan fingerprint density at radius 3 is 2.45 bits per heavy atom. The SMILES string of the molecule is [c]1ccc(Oc2ccc3c(c2)oc2ccccc23)cc1. The van der Waals surface area contributed by atoms with Gasteiger partial charge in [0.15, 0.2) is 0 Å². The molecule has 0 amide bonds. The molecule has 2 nitrogen and oxygen atoms in total. The number of furan rings is 1. The molecule has 0 aliphatic rings. The Hall–Kier alpha value is -2.74. The molecule has 1 heterocycles. The average molecular weight is 259 g/mol. The number of fused-ring (bicyclic) bond motifs is 3. The summed E-state index contributed by atoms with van der Waals surface area (Å²) in [6.45, 7) is 0. The molecule has 95 valence electrons. The molecule has 1 aromatic heterocycles. The molecule has 0 fully saturated rings. The molecule has 4 aromatic rings. The maximum absolute atomic E-state index is 5.84. The summed E-state index contributed by atoms with van der Waals surface area (Å²) in [7, 11) is 0. The highest BCUT2D eigenvalue weighted by atomic mass is 16.5. The molecule has 0 unspecified atom stereocenters. The topological polar surface area (TPSA) is 22.4 Å². The third-order valence-electron chi connectivity index (χ3n) is 3.27. The summed E-state index contributed by atoms with van der Waals surface area (Å²) in [5, 5.41) is 2.23. The van der Waals surface area contributed by atoms with Gasteiger partial charge in [-0.3, -0.25) is 0 Å². The van der Waals surface area contributed by atoms with Gasteiger partial charge in [-0.25, -0.2) is 0 Å². The third-order valence-corrected chi connectivity index (χ3v) is 3.27. The lowest BCUT2D eigenvalue weighted by atomic mass is 10.1. The Balaban J connectivity index is 1.81. The van der Waals surface area contributed by atoms with E-state index in [1.165, 1.54) is 0 Å². The molecule has 4 rings (SSSR count). The number of para-hydroxylation sites is 1. The molecule has 20 heavy (non-hydrogen) atoms. The van der Waals surface area contributed by atoms with Crippen LogP contribution in [-0.4, -0.2) is 0 Å². The number of benzene rings is 3. The highest BCUT2D eigenvalue weighted by Crippen LogP contribution is 2.32. The van der Waals surface area contributed by atoms with Gasteiger partial charge in [-0.05, 0) is 36.4 Å². The Morgan fingerprint density at radius 2 is 1.55 bits per heavy atom. The maximum Gasteiger partial charge on any atom is 0.139 e. The van der Waals surface area contributed by atoms with Gasteiger partial charge >= 0.3 is 0 Å². The van der Waals surface area contributed by atoms with E-state index in [2.05, 4.69) is 12.1 Å². The van der Waals surface area contributed by atoms with Crippen molar-refractivity contribution in [3.63, 3.8) is 0 Å². The summed E-state index contributed by atoms with van der Waals surface area (Å²) in [6.07, 6.45) is 0. The number of rotatable bonds is 2. The Bertz CT molecular complexity index is 876. The summed E-state index contributed by atoms with van der Waals surface area (Å²) in [5.41, 5.74) is 1.74. The molecule has 2 heteroatoms. The van der Waals surface area contributed by atoms with Crippen LogP contribution in [0.3, 0.4) is 0 Å². The molecule has 0 bridgehead atoms. The van der Waals surface area contributed by atoms with E-state index in [-0.39, 0.29) is 0 Å². The van der Waals surface area contributed by atoms with Crippen molar-refractivity contribution in [3.8, 4) is 11.5 Å². The van der Waals surface area contributed by atoms with Crippen molar-refractivity contribution in [2.75, 3.05) is 0 Å². The first-order chi connectivity index (χ1) is 9.90. The van der Waals surface area contributed by atoms with Gasteiger partial charge in [-0.15, -0.1) is 0 Å². The number of hydrogen-bond acceptors (Lipinski definition) is 2. The van der Waals surface area contributed by atoms with Crippen LogP contribution < -0.4 is 4.74 Å². The van der Waals surface area contributed by atoms with Crippen molar-refractivity contribution in [1.82, 2.24) is 0 Å². The first-order valence-electron chi connectivity index (χ1n) is 6.45. The summed E-state index contributed by atoms with van der Waals surface area (Å²) in [4.78, 5) is 0. The fraction of sp³-hybridized carbons (Fsp3) is 0. The van der Waals surface area contributed by atoms with Gasteiger partial charge in [-0.2, -0.15) is 0 Å². The van der Waals surface area contributed by atoms with Gasteiger partial charge < -0.3 is 9.15 Å². The lowest BCUT2D eigenvalue weighted by molar-refractivity contribution is 0.482. The van der Waals surface area contributed by atoms with Crippen LogP contribution in [0.2, 0.25) is 0 Å². The summed E-state index contributed by atoms with van der Waals surface area (Å²) < 4.78 is 11.6. The molecule has 1 radical (unpaired) electrons. The molecule has 0 spiro atoms. The Kier molecular flexibility index (Phi) is 2.46. The second-order valence-electron chi connectivity index (χ2n) is 4.59. The highest BCUT2D eigenvalue weighted by Gasteiger charge is 2.07. The molecule has 0 N–H and O–H groups in total. The standard InChI is InChI=1S/C18H11O2/c1-2-6-13(7-3-1)19-14-10-11-16-15-8-4-5-9-17(15)20-18(16)12-14/h2-12H. The third kappa shape index (κ3) is 1.82. The van der Waals surface area contributed by atoms with E-state index in [0.29, 0.717) is 0 Å². The average Bonchev–Trinajstić information content (AvgIpc) is 2.86. The molecular weight excluding hydrogens is 248 g/mol. The van der Waals surface area contributed by atoms with Crippen LogP contribution in [0.1, 0.15) is 0 Å². The van der Waals surface area contributed by atoms with Crippen LogP contribution in [0, 0.1) is 6.07 Å². The molecule has 3 aromatic carbocycles. The van der Waals surface area contributed by atoms with Crippen LogP contribution >= 0.6 is 0 Å². The van der Waals surface area contributed by atoms with Gasteiger partial charge in [0.05, 0.1) is 0 Å². The van der Waals surface area contributed by atoms with Crippen LogP contribution in [0.15, 0.2) is 71.1 Å². The van der Waals surface area contributed by atoms with Gasteiger partial charge in [0.25, 0.3) is 0 Å². The van der Waals surface area contributed by atoms with E-state index in [9.17, 15) is 0 Å². The lowest BCUT2D eigenvalue weighted by Gasteiger charge is -2.04. The molecule has 0 aliphatic heterocycles. The van der Waals surface area contributed by atoms with Crippen molar-refractivity contribution in [2.24, 2.45) is 0 Å². The van der Waals surface area contributed by atoms with E-state index < -0.39 is 0 Å². The van der Waals surface area contributed by atoms with E-state index in [0.717, 1.165) is 33.4 Å². The minimum absolute atomic E-state index is 0.766. The molecule has 0 saturated heterocycles. The summed E-state index contributed by atoms with van der Waals surface area (Å²) in [5.74, 6) is 1.56. The van der Waals surface area contributed by atoms with E-state index in [1.54, 1.807) is 0 Å². The van der Waals surface area contributed by atoms with Crippen molar-refractivity contribution in [2.45, 2.75) is 0 Å². The maximum atomic E-state index is 5.84. The van der Waals surface area contributed by atoms with Gasteiger partial charge in [0.2, 0.25) is 0 Å². The first kappa shape index (κ1) is 11.1. The quantitative estimate of drug-likeness (QED) is 0.495. The highest BCUT2D eigenvalue weighted by molar-refractivity contribution is 6.05. The zero-order chi connectivity index (χ0) is 13.4. The molecule has 0 saturated carbocycles. The molecular formula is C18H11O2. The largest absolute Gasteiger partial charge is 0.457 e. The van der Waals surface area contributed by atoms with Crippen LogP contribution in [-0.2, 0) is 0 Å². The Labute approximate surface area is 116 Å². The smallest absolute Gasteiger partial charge is 0.139 e. The predicted molar refractivity (Wildman–Crippen MR) is 79.1 cm³/mol. The molecule has 0 aliphatic carbocycles. The minimum Gasteiger partial charge on any atom is -0.457 e. The van der Waals surface area contributed by atoms with Crippen LogP contribution in [0.5, 0.6) is 11.5 Å². The second kappa shape index (κ2) is 4.42. The summed E-state index contributed by atoms with van der Waals surface area (Å²) >= 11 is 0.